The predicted molar refractivity (Wildman–Crippen MR) is 109 cm³/mol. The fourth-order valence-corrected chi connectivity index (χ4v) is 5.24. The van der Waals surface area contributed by atoms with Crippen LogP contribution in [0.5, 0.6) is 0 Å². The predicted octanol–water partition coefficient (Wildman–Crippen LogP) is 1.75. The lowest BCUT2D eigenvalue weighted by atomic mass is 10.2. The number of aromatic nitrogens is 1. The highest BCUT2D eigenvalue weighted by molar-refractivity contribution is 7.92. The number of anilines is 2. The van der Waals surface area contributed by atoms with Crippen LogP contribution >= 0.6 is 0 Å². The summed E-state index contributed by atoms with van der Waals surface area (Å²) in [5.41, 5.74) is 0.948. The Hall–Kier alpha value is -2.44. The summed E-state index contributed by atoms with van der Waals surface area (Å²) in [6.07, 6.45) is 0.491. The van der Waals surface area contributed by atoms with Crippen LogP contribution in [0.3, 0.4) is 0 Å². The molecule has 1 heterocycles. The topological polar surface area (TPSA) is 147 Å². The van der Waals surface area contributed by atoms with Crippen molar-refractivity contribution in [3.8, 4) is 0 Å². The number of rotatable bonds is 9. The van der Waals surface area contributed by atoms with Crippen molar-refractivity contribution in [2.45, 2.75) is 45.1 Å². The molecule has 1 aromatic heterocycles. The van der Waals surface area contributed by atoms with Gasteiger partial charge in [0.15, 0.2) is 5.76 Å². The lowest BCUT2D eigenvalue weighted by molar-refractivity contribution is -0.117. The van der Waals surface area contributed by atoms with Crippen LogP contribution in [-0.4, -0.2) is 39.7 Å². The SMILES string of the molecule is CCCS(=O)(=O)Nc1ccc(NC(=O)[C@H](C)NS(=O)(=O)c2c(C)noc2C)cc1. The summed E-state index contributed by atoms with van der Waals surface area (Å²) in [6, 6.07) is 4.95. The fourth-order valence-electron chi connectivity index (χ4n) is 2.57. The number of aryl methyl sites for hydroxylation is 2. The van der Waals surface area contributed by atoms with Gasteiger partial charge in [0, 0.05) is 11.4 Å². The van der Waals surface area contributed by atoms with Crippen molar-refractivity contribution in [1.29, 1.82) is 0 Å². The lowest BCUT2D eigenvalue weighted by Crippen LogP contribution is -2.41. The second kappa shape index (κ2) is 8.93. The molecule has 0 saturated heterocycles. The van der Waals surface area contributed by atoms with E-state index in [9.17, 15) is 21.6 Å². The second-order valence-corrected chi connectivity index (χ2v) is 9.98. The first kappa shape index (κ1) is 22.8. The van der Waals surface area contributed by atoms with Gasteiger partial charge in [-0.05, 0) is 51.5 Å². The van der Waals surface area contributed by atoms with Gasteiger partial charge in [0.05, 0.1) is 11.8 Å². The van der Waals surface area contributed by atoms with Gasteiger partial charge in [0.25, 0.3) is 0 Å². The maximum Gasteiger partial charge on any atom is 0.246 e. The van der Waals surface area contributed by atoms with Crippen molar-refractivity contribution in [1.82, 2.24) is 9.88 Å². The number of carbonyl (C=O) groups is 1. The normalized spacial score (nSPS) is 13.1. The van der Waals surface area contributed by atoms with Crippen molar-refractivity contribution in [3.05, 3.63) is 35.7 Å². The largest absolute Gasteiger partial charge is 0.360 e. The molecule has 1 aromatic carbocycles. The minimum atomic E-state index is -3.99. The highest BCUT2D eigenvalue weighted by Gasteiger charge is 2.28. The van der Waals surface area contributed by atoms with Crippen LogP contribution in [0.4, 0.5) is 11.4 Å². The Morgan fingerprint density at radius 1 is 1.10 bits per heavy atom. The first-order chi connectivity index (χ1) is 13.4. The summed E-state index contributed by atoms with van der Waals surface area (Å²) in [5, 5.41) is 6.18. The van der Waals surface area contributed by atoms with Crippen LogP contribution in [0.15, 0.2) is 33.7 Å². The number of nitrogens with zero attached hydrogens (tertiary/aromatic N) is 1. The smallest absolute Gasteiger partial charge is 0.246 e. The zero-order valence-corrected chi connectivity index (χ0v) is 18.1. The molecule has 0 saturated carbocycles. The number of carbonyl (C=O) groups excluding carboxylic acids is 1. The second-order valence-electron chi connectivity index (χ2n) is 6.48. The molecule has 10 nitrogen and oxygen atoms in total. The van der Waals surface area contributed by atoms with Crippen LogP contribution in [0, 0.1) is 13.8 Å². The molecular weight excluding hydrogens is 420 g/mol. The Kier molecular flexibility index (Phi) is 7.03. The minimum Gasteiger partial charge on any atom is -0.360 e. The molecule has 0 fully saturated rings. The van der Waals surface area contributed by atoms with E-state index in [2.05, 4.69) is 19.9 Å². The van der Waals surface area contributed by atoms with Crippen LogP contribution in [0.1, 0.15) is 31.7 Å². The van der Waals surface area contributed by atoms with Crippen molar-refractivity contribution in [2.24, 2.45) is 0 Å². The van der Waals surface area contributed by atoms with Gasteiger partial charge in [-0.1, -0.05) is 12.1 Å². The van der Waals surface area contributed by atoms with Gasteiger partial charge in [0.2, 0.25) is 26.0 Å². The van der Waals surface area contributed by atoms with Crippen LogP contribution in [0.2, 0.25) is 0 Å². The molecule has 0 aliphatic heterocycles. The number of benzene rings is 1. The molecule has 12 heteroatoms. The summed E-state index contributed by atoms with van der Waals surface area (Å²) in [7, 11) is -7.40. The Morgan fingerprint density at radius 3 is 2.21 bits per heavy atom. The number of hydrogen-bond donors (Lipinski definition) is 3. The summed E-state index contributed by atoms with van der Waals surface area (Å²) in [4.78, 5) is 12.2. The molecule has 2 aromatic rings. The number of amides is 1. The van der Waals surface area contributed by atoms with Crippen molar-refractivity contribution >= 4 is 37.3 Å². The van der Waals surface area contributed by atoms with Crippen LogP contribution in [0.25, 0.3) is 0 Å². The molecule has 0 spiro atoms. The van der Waals surface area contributed by atoms with E-state index in [1.54, 1.807) is 6.92 Å². The number of nitrogens with one attached hydrogen (secondary N) is 3. The zero-order valence-electron chi connectivity index (χ0n) is 16.5. The molecule has 29 heavy (non-hydrogen) atoms. The molecule has 0 bridgehead atoms. The average Bonchev–Trinajstić information content (AvgIpc) is 2.95. The fraction of sp³-hybridized carbons (Fsp3) is 0.412. The third kappa shape index (κ3) is 6.02. The lowest BCUT2D eigenvalue weighted by Gasteiger charge is -2.14. The van der Waals surface area contributed by atoms with Crippen molar-refractivity contribution in [2.75, 3.05) is 15.8 Å². The molecule has 1 atom stereocenters. The maximum atomic E-state index is 12.5. The van der Waals surface area contributed by atoms with Crippen molar-refractivity contribution in [3.63, 3.8) is 0 Å². The van der Waals surface area contributed by atoms with E-state index in [0.29, 0.717) is 17.8 Å². The average molecular weight is 445 g/mol. The Morgan fingerprint density at radius 2 is 1.69 bits per heavy atom. The van der Waals surface area contributed by atoms with Gasteiger partial charge >= 0.3 is 0 Å². The standard InChI is InChI=1S/C17H24N4O6S2/c1-5-10-28(23,24)21-15-8-6-14(7-9-15)18-17(22)12(3)20-29(25,26)16-11(2)19-27-13(16)4/h6-9,12,20-21H,5,10H2,1-4H3,(H,18,22)/t12-/m0/s1. The Labute approximate surface area is 170 Å². The van der Waals surface area contributed by atoms with E-state index in [4.69, 9.17) is 4.52 Å². The summed E-state index contributed by atoms with van der Waals surface area (Å²) >= 11 is 0. The third-order valence-corrected chi connectivity index (χ3v) is 7.14. The van der Waals surface area contributed by atoms with E-state index in [1.807, 2.05) is 0 Å². The molecule has 0 radical (unpaired) electrons. The highest BCUT2D eigenvalue weighted by atomic mass is 32.2. The van der Waals surface area contributed by atoms with Gasteiger partial charge in [-0.3, -0.25) is 9.52 Å². The number of hydrogen-bond acceptors (Lipinski definition) is 7. The Bertz CT molecular complexity index is 1060. The molecule has 2 rings (SSSR count). The molecule has 0 unspecified atom stereocenters. The molecule has 0 aliphatic carbocycles. The van der Waals surface area contributed by atoms with Gasteiger partial charge in [-0.25, -0.2) is 16.8 Å². The van der Waals surface area contributed by atoms with Crippen molar-refractivity contribution < 1.29 is 26.2 Å². The van der Waals surface area contributed by atoms with E-state index < -0.39 is 32.0 Å². The van der Waals surface area contributed by atoms with Crippen LogP contribution in [-0.2, 0) is 24.8 Å². The van der Waals surface area contributed by atoms with Gasteiger partial charge < -0.3 is 9.84 Å². The van der Waals surface area contributed by atoms with Gasteiger partial charge in [0.1, 0.15) is 10.6 Å². The monoisotopic (exact) mass is 444 g/mol. The Balaban J connectivity index is 2.03. The minimum absolute atomic E-state index is 0.00821. The molecule has 160 valence electrons. The van der Waals surface area contributed by atoms with E-state index in [-0.39, 0.29) is 22.1 Å². The van der Waals surface area contributed by atoms with Crippen LogP contribution < -0.4 is 14.8 Å². The van der Waals surface area contributed by atoms with Gasteiger partial charge in [-0.15, -0.1) is 0 Å². The zero-order chi connectivity index (χ0) is 21.8. The number of sulfonamides is 2. The highest BCUT2D eigenvalue weighted by Crippen LogP contribution is 2.19. The summed E-state index contributed by atoms with van der Waals surface area (Å²) in [5.74, 6) is -0.447. The summed E-state index contributed by atoms with van der Waals surface area (Å²) in [6.45, 7) is 6.12. The quantitative estimate of drug-likeness (QED) is 0.534. The molecular formula is C17H24N4O6S2. The van der Waals surface area contributed by atoms with Gasteiger partial charge in [-0.2, -0.15) is 4.72 Å². The van der Waals surface area contributed by atoms with E-state index >= 15 is 0 Å². The molecule has 0 aliphatic rings. The third-order valence-electron chi connectivity index (χ3n) is 3.86. The molecule has 3 N–H and O–H groups in total. The van der Waals surface area contributed by atoms with E-state index in [1.165, 1.54) is 45.0 Å². The first-order valence-corrected chi connectivity index (χ1v) is 12.0. The molecule has 1 amide bonds. The maximum absolute atomic E-state index is 12.5. The summed E-state index contributed by atoms with van der Waals surface area (Å²) < 4.78 is 58.1. The van der Waals surface area contributed by atoms with E-state index in [0.717, 1.165) is 0 Å². The first-order valence-electron chi connectivity index (χ1n) is 8.82.